The van der Waals surface area contributed by atoms with E-state index in [1.807, 2.05) is 24.3 Å². The highest BCUT2D eigenvalue weighted by molar-refractivity contribution is 9.10. The van der Waals surface area contributed by atoms with E-state index in [4.69, 9.17) is 0 Å². The van der Waals surface area contributed by atoms with Crippen LogP contribution in [0.25, 0.3) is 0 Å². The summed E-state index contributed by atoms with van der Waals surface area (Å²) in [7, 11) is 0. The molecule has 2 aromatic carbocycles. The van der Waals surface area contributed by atoms with Crippen LogP contribution in [0.2, 0.25) is 0 Å². The third-order valence-electron chi connectivity index (χ3n) is 4.27. The molecule has 0 aliphatic carbocycles. The summed E-state index contributed by atoms with van der Waals surface area (Å²) in [6.07, 6.45) is 0.618. The highest BCUT2D eigenvalue weighted by Gasteiger charge is 2.26. The van der Waals surface area contributed by atoms with Crippen LogP contribution in [-0.4, -0.2) is 33.3 Å². The van der Waals surface area contributed by atoms with Crippen LogP contribution in [0.1, 0.15) is 5.56 Å². The molecule has 3 aromatic rings. The number of nitro benzene ring substituents is 1. The Morgan fingerprint density at radius 1 is 1.31 bits per heavy atom. The average Bonchev–Trinajstić information content (AvgIpc) is 3.32. The summed E-state index contributed by atoms with van der Waals surface area (Å²) < 4.78 is 1.66. The van der Waals surface area contributed by atoms with Crippen LogP contribution in [0.15, 0.2) is 51.3 Å². The molecule has 0 radical (unpaired) electrons. The van der Waals surface area contributed by atoms with E-state index in [2.05, 4.69) is 31.4 Å². The van der Waals surface area contributed by atoms with Crippen molar-refractivity contribution in [3.8, 4) is 0 Å². The topological polar surface area (TPSA) is 101 Å². The molecule has 29 heavy (non-hydrogen) atoms. The minimum atomic E-state index is -0.421. The van der Waals surface area contributed by atoms with Gasteiger partial charge in [-0.2, -0.15) is 0 Å². The van der Waals surface area contributed by atoms with Gasteiger partial charge in [0.1, 0.15) is 0 Å². The number of nitrogens with one attached hydrogen (secondary N) is 1. The van der Waals surface area contributed by atoms with Crippen molar-refractivity contribution in [1.29, 1.82) is 0 Å². The number of aromatic nitrogens is 2. The average molecular weight is 492 g/mol. The van der Waals surface area contributed by atoms with E-state index < -0.39 is 4.92 Å². The van der Waals surface area contributed by atoms with E-state index in [9.17, 15) is 14.9 Å². The van der Waals surface area contributed by atoms with Crippen molar-refractivity contribution >= 4 is 67.1 Å². The Morgan fingerprint density at radius 2 is 2.17 bits per heavy atom. The number of carbonyl (C=O) groups excluding carboxylic acids is 1. The van der Waals surface area contributed by atoms with Gasteiger partial charge in [-0.1, -0.05) is 45.1 Å². The number of carbonyl (C=O) groups is 1. The van der Waals surface area contributed by atoms with E-state index in [1.54, 1.807) is 17.0 Å². The van der Waals surface area contributed by atoms with Crippen LogP contribution in [0, 0.1) is 10.1 Å². The molecule has 0 spiro atoms. The van der Waals surface area contributed by atoms with E-state index >= 15 is 0 Å². The Labute approximate surface area is 182 Å². The minimum absolute atomic E-state index is 0.0479. The first-order valence-corrected chi connectivity index (χ1v) is 11.2. The predicted octanol–water partition coefficient (Wildman–Crippen LogP) is 4.63. The number of hydrogen-bond donors (Lipinski definition) is 1. The van der Waals surface area contributed by atoms with Gasteiger partial charge in [0.2, 0.25) is 11.0 Å². The molecular formula is C18H14BrN5O3S2. The molecule has 1 aliphatic heterocycles. The largest absolute Gasteiger partial charge is 0.330 e. The molecule has 0 saturated carbocycles. The highest BCUT2D eigenvalue weighted by Crippen LogP contribution is 2.33. The van der Waals surface area contributed by atoms with Gasteiger partial charge in [0.25, 0.3) is 5.69 Å². The van der Waals surface area contributed by atoms with Crippen molar-refractivity contribution in [3.05, 3.63) is 62.6 Å². The lowest BCUT2D eigenvalue weighted by molar-refractivity contribution is -0.384. The van der Waals surface area contributed by atoms with Crippen LogP contribution < -0.4 is 10.2 Å². The second-order valence-electron chi connectivity index (χ2n) is 6.16. The van der Waals surface area contributed by atoms with Crippen molar-refractivity contribution in [2.75, 3.05) is 22.5 Å². The zero-order valence-electron chi connectivity index (χ0n) is 14.9. The fourth-order valence-corrected chi connectivity index (χ4v) is 5.02. The Bertz CT molecular complexity index is 1090. The predicted molar refractivity (Wildman–Crippen MR) is 117 cm³/mol. The van der Waals surface area contributed by atoms with Crippen molar-refractivity contribution in [2.45, 2.75) is 10.8 Å². The maximum atomic E-state index is 12.6. The van der Waals surface area contributed by atoms with Crippen LogP contribution in [0.5, 0.6) is 0 Å². The quantitative estimate of drug-likeness (QED) is 0.304. The zero-order chi connectivity index (χ0) is 20.4. The molecule has 0 saturated heterocycles. The third kappa shape index (κ3) is 4.57. The number of halogens is 1. The third-order valence-corrected chi connectivity index (χ3v) is 6.72. The molecule has 11 heteroatoms. The number of thioether (sulfide) groups is 1. The number of benzene rings is 2. The summed E-state index contributed by atoms with van der Waals surface area (Å²) in [5.74, 6) is 0.168. The molecule has 1 N–H and O–H groups in total. The molecule has 1 aliphatic rings. The number of nitrogens with zero attached hydrogens (tertiary/aromatic N) is 4. The Balaban J connectivity index is 1.36. The number of hydrogen-bond acceptors (Lipinski definition) is 8. The molecule has 4 rings (SSSR count). The van der Waals surface area contributed by atoms with Crippen molar-refractivity contribution in [3.63, 3.8) is 0 Å². The SMILES string of the molecule is O=C(CSc1nnc(Nc2cccc(Br)c2)s1)N1CCc2cc([N+](=O)[O-])ccc21. The molecule has 0 atom stereocenters. The first-order valence-electron chi connectivity index (χ1n) is 8.56. The van der Waals surface area contributed by atoms with Crippen LogP contribution >= 0.6 is 39.0 Å². The maximum absolute atomic E-state index is 12.6. The van der Waals surface area contributed by atoms with Gasteiger partial charge in [-0.05, 0) is 36.2 Å². The summed E-state index contributed by atoms with van der Waals surface area (Å²) in [5, 5.41) is 23.0. The summed E-state index contributed by atoms with van der Waals surface area (Å²) in [5.41, 5.74) is 2.52. The van der Waals surface area contributed by atoms with Crippen molar-refractivity contribution in [1.82, 2.24) is 10.2 Å². The van der Waals surface area contributed by atoms with Gasteiger partial charge in [0.05, 0.1) is 10.7 Å². The molecule has 8 nitrogen and oxygen atoms in total. The monoisotopic (exact) mass is 491 g/mol. The maximum Gasteiger partial charge on any atom is 0.269 e. The smallest absolute Gasteiger partial charge is 0.269 e. The lowest BCUT2D eigenvalue weighted by Crippen LogP contribution is -2.30. The van der Waals surface area contributed by atoms with E-state index in [0.29, 0.717) is 22.4 Å². The van der Waals surface area contributed by atoms with Gasteiger partial charge in [-0.3, -0.25) is 14.9 Å². The summed E-state index contributed by atoms with van der Waals surface area (Å²) in [6, 6.07) is 12.3. The molecule has 148 valence electrons. The molecule has 0 unspecified atom stereocenters. The lowest BCUT2D eigenvalue weighted by atomic mass is 10.1. The van der Waals surface area contributed by atoms with Gasteiger partial charge in [-0.25, -0.2) is 0 Å². The molecule has 2 heterocycles. The Hall–Kier alpha value is -2.50. The molecular weight excluding hydrogens is 478 g/mol. The van der Waals surface area contributed by atoms with Crippen LogP contribution in [-0.2, 0) is 11.2 Å². The molecule has 0 bridgehead atoms. The van der Waals surface area contributed by atoms with Gasteiger partial charge in [0, 0.05) is 34.5 Å². The normalized spacial score (nSPS) is 12.7. The van der Waals surface area contributed by atoms with Gasteiger partial charge in [0.15, 0.2) is 4.34 Å². The Morgan fingerprint density at radius 3 is 2.97 bits per heavy atom. The fraction of sp³-hybridized carbons (Fsp3) is 0.167. The first kappa shape index (κ1) is 19.8. The first-order chi connectivity index (χ1) is 14.0. The second kappa shape index (κ2) is 8.47. The van der Waals surface area contributed by atoms with Gasteiger partial charge >= 0.3 is 0 Å². The summed E-state index contributed by atoms with van der Waals surface area (Å²) in [4.78, 5) is 24.8. The standard InChI is InChI=1S/C18H14BrN5O3S2/c19-12-2-1-3-13(9-12)20-17-21-22-18(29-17)28-10-16(25)23-7-6-11-8-14(24(26)27)4-5-15(11)23/h1-5,8-9H,6-7,10H2,(H,20,21). The number of rotatable bonds is 6. The number of fused-ring (bicyclic) bond motifs is 1. The fourth-order valence-electron chi connectivity index (χ4n) is 2.97. The van der Waals surface area contributed by atoms with Crippen LogP contribution in [0.4, 0.5) is 22.2 Å². The summed E-state index contributed by atoms with van der Waals surface area (Å²) >= 11 is 6.13. The molecule has 0 fully saturated rings. The number of nitro groups is 1. The number of non-ortho nitro benzene ring substituents is 1. The second-order valence-corrected chi connectivity index (χ2v) is 9.28. The summed E-state index contributed by atoms with van der Waals surface area (Å²) in [6.45, 7) is 0.529. The number of amides is 1. The number of anilines is 3. The van der Waals surface area contributed by atoms with Crippen molar-refractivity contribution in [2.24, 2.45) is 0 Å². The van der Waals surface area contributed by atoms with Gasteiger partial charge < -0.3 is 10.2 Å². The Kier molecular flexibility index (Phi) is 5.79. The van der Waals surface area contributed by atoms with E-state index in [-0.39, 0.29) is 17.3 Å². The van der Waals surface area contributed by atoms with Gasteiger partial charge in [-0.15, -0.1) is 10.2 Å². The highest BCUT2D eigenvalue weighted by atomic mass is 79.9. The lowest BCUT2D eigenvalue weighted by Gasteiger charge is -2.16. The molecule has 1 amide bonds. The van der Waals surface area contributed by atoms with Crippen molar-refractivity contribution < 1.29 is 9.72 Å². The van der Waals surface area contributed by atoms with Crippen LogP contribution in [0.3, 0.4) is 0 Å². The van der Waals surface area contributed by atoms with E-state index in [0.717, 1.165) is 21.4 Å². The minimum Gasteiger partial charge on any atom is -0.330 e. The van der Waals surface area contributed by atoms with E-state index in [1.165, 1.54) is 29.2 Å². The molecule has 1 aromatic heterocycles. The zero-order valence-corrected chi connectivity index (χ0v) is 18.1.